The lowest BCUT2D eigenvalue weighted by molar-refractivity contribution is -0.137. The summed E-state index contributed by atoms with van der Waals surface area (Å²) in [6.07, 6.45) is -4.57. The maximum atomic E-state index is 12.8. The van der Waals surface area contributed by atoms with Crippen molar-refractivity contribution in [3.63, 3.8) is 0 Å². The summed E-state index contributed by atoms with van der Waals surface area (Å²) in [7, 11) is 0. The minimum Gasteiger partial charge on any atom is -0.476 e. The summed E-state index contributed by atoms with van der Waals surface area (Å²) < 4.78 is 44.1. The third kappa shape index (κ3) is 4.11. The summed E-state index contributed by atoms with van der Waals surface area (Å²) >= 11 is 0. The van der Waals surface area contributed by atoms with Crippen molar-refractivity contribution in [2.75, 3.05) is 16.8 Å². The van der Waals surface area contributed by atoms with Gasteiger partial charge in [0.2, 0.25) is 5.91 Å². The van der Waals surface area contributed by atoms with Gasteiger partial charge in [-0.2, -0.15) is 13.2 Å². The van der Waals surface area contributed by atoms with Crippen molar-refractivity contribution < 1.29 is 27.5 Å². The Bertz CT molecular complexity index is 910. The van der Waals surface area contributed by atoms with Crippen molar-refractivity contribution in [1.82, 2.24) is 0 Å². The first kappa shape index (κ1) is 19.7. The molecule has 5 nitrogen and oxygen atoms in total. The van der Waals surface area contributed by atoms with Crippen LogP contribution < -0.4 is 15.0 Å². The van der Waals surface area contributed by atoms with Gasteiger partial charge >= 0.3 is 6.18 Å². The second-order valence-corrected chi connectivity index (χ2v) is 6.91. The van der Waals surface area contributed by atoms with Crippen molar-refractivity contribution in [2.24, 2.45) is 0 Å². The lowest BCUT2D eigenvalue weighted by Gasteiger charge is -2.38. The molecule has 1 N–H and O–H groups in total. The smallest absolute Gasteiger partial charge is 0.416 e. The van der Waals surface area contributed by atoms with E-state index in [9.17, 15) is 22.8 Å². The largest absolute Gasteiger partial charge is 0.476 e. The summed E-state index contributed by atoms with van der Waals surface area (Å²) in [5, 5.41) is 2.45. The van der Waals surface area contributed by atoms with Gasteiger partial charge in [-0.1, -0.05) is 18.2 Å². The maximum Gasteiger partial charge on any atom is 0.416 e. The Kier molecular flexibility index (Phi) is 5.06. The van der Waals surface area contributed by atoms with Crippen LogP contribution in [0.5, 0.6) is 5.75 Å². The van der Waals surface area contributed by atoms with Crippen molar-refractivity contribution in [3.8, 4) is 5.75 Å². The van der Waals surface area contributed by atoms with Crippen LogP contribution in [0.3, 0.4) is 0 Å². The summed E-state index contributed by atoms with van der Waals surface area (Å²) in [6, 6.07) is 11.4. The lowest BCUT2D eigenvalue weighted by Crippen LogP contribution is -2.53. The number of anilines is 2. The van der Waals surface area contributed by atoms with Crippen LogP contribution in [-0.2, 0) is 15.8 Å². The molecule has 1 heterocycles. The van der Waals surface area contributed by atoms with Gasteiger partial charge in [-0.3, -0.25) is 9.59 Å². The molecule has 2 aromatic rings. The van der Waals surface area contributed by atoms with E-state index in [1.54, 1.807) is 38.1 Å². The predicted molar refractivity (Wildman–Crippen MR) is 98.2 cm³/mol. The SMILES string of the molecule is CC1(C)Oc2ccccc2N(CCC(=O)Nc2cccc(C(F)(F)F)c2)C1=O. The molecule has 0 saturated heterocycles. The summed E-state index contributed by atoms with van der Waals surface area (Å²) in [5.41, 5.74) is -1.32. The molecule has 0 spiro atoms. The first-order valence-corrected chi connectivity index (χ1v) is 8.65. The molecular formula is C20H19F3N2O3. The predicted octanol–water partition coefficient (Wildman–Crippen LogP) is 4.24. The highest BCUT2D eigenvalue weighted by molar-refractivity contribution is 6.03. The number of benzene rings is 2. The van der Waals surface area contributed by atoms with Gasteiger partial charge in [-0.15, -0.1) is 0 Å². The number of halogens is 3. The Hall–Kier alpha value is -3.03. The standard InChI is InChI=1S/C20H19F3N2O3/c1-19(2)18(27)25(15-8-3-4-9-16(15)28-19)11-10-17(26)24-14-7-5-6-13(12-14)20(21,22)23/h3-9,12H,10-11H2,1-2H3,(H,24,26). The van der Waals surface area contributed by atoms with Crippen LogP contribution in [-0.4, -0.2) is 24.0 Å². The Morgan fingerprint density at radius 2 is 1.86 bits per heavy atom. The number of ether oxygens (including phenoxy) is 1. The van der Waals surface area contributed by atoms with E-state index < -0.39 is 23.2 Å². The van der Waals surface area contributed by atoms with Crippen LogP contribution in [0.1, 0.15) is 25.8 Å². The second kappa shape index (κ2) is 7.18. The zero-order valence-electron chi connectivity index (χ0n) is 15.3. The monoisotopic (exact) mass is 392 g/mol. The molecule has 2 amide bonds. The first-order valence-electron chi connectivity index (χ1n) is 8.65. The van der Waals surface area contributed by atoms with Crippen LogP contribution in [0.2, 0.25) is 0 Å². The molecule has 0 saturated carbocycles. The van der Waals surface area contributed by atoms with Crippen LogP contribution >= 0.6 is 0 Å². The minimum atomic E-state index is -4.49. The minimum absolute atomic E-state index is 0.0499. The number of nitrogens with zero attached hydrogens (tertiary/aromatic N) is 1. The molecule has 1 aliphatic heterocycles. The summed E-state index contributed by atoms with van der Waals surface area (Å²) in [6.45, 7) is 3.36. The van der Waals surface area contributed by atoms with Crippen LogP contribution in [0.4, 0.5) is 24.5 Å². The van der Waals surface area contributed by atoms with E-state index in [-0.39, 0.29) is 24.6 Å². The lowest BCUT2D eigenvalue weighted by atomic mass is 10.0. The number of hydrogen-bond donors (Lipinski definition) is 1. The first-order chi connectivity index (χ1) is 13.1. The van der Waals surface area contributed by atoms with Crippen LogP contribution in [0.15, 0.2) is 48.5 Å². The highest BCUT2D eigenvalue weighted by atomic mass is 19.4. The van der Waals surface area contributed by atoms with E-state index in [0.29, 0.717) is 11.4 Å². The van der Waals surface area contributed by atoms with Gasteiger partial charge in [0.1, 0.15) is 5.75 Å². The van der Waals surface area contributed by atoms with Crippen LogP contribution in [0, 0.1) is 0 Å². The van der Waals surface area contributed by atoms with Gasteiger partial charge in [-0.05, 0) is 44.2 Å². The Morgan fingerprint density at radius 3 is 2.57 bits per heavy atom. The molecule has 148 valence electrons. The van der Waals surface area contributed by atoms with E-state index in [1.807, 2.05) is 0 Å². The molecule has 2 aromatic carbocycles. The third-order valence-electron chi connectivity index (χ3n) is 4.32. The van der Waals surface area contributed by atoms with E-state index in [2.05, 4.69) is 5.32 Å². The Morgan fingerprint density at radius 1 is 1.14 bits per heavy atom. The number of rotatable bonds is 4. The van der Waals surface area contributed by atoms with Crippen molar-refractivity contribution >= 4 is 23.2 Å². The molecule has 0 fully saturated rings. The third-order valence-corrected chi connectivity index (χ3v) is 4.32. The number of carbonyl (C=O) groups excluding carboxylic acids is 2. The fourth-order valence-corrected chi connectivity index (χ4v) is 2.95. The number of fused-ring (bicyclic) bond motifs is 1. The number of hydrogen-bond acceptors (Lipinski definition) is 3. The van der Waals surface area contributed by atoms with Gasteiger partial charge < -0.3 is 15.0 Å². The maximum absolute atomic E-state index is 12.8. The van der Waals surface area contributed by atoms with E-state index in [0.717, 1.165) is 12.1 Å². The van der Waals surface area contributed by atoms with Gasteiger partial charge in [-0.25, -0.2) is 0 Å². The fraction of sp³-hybridized carbons (Fsp3) is 0.300. The molecule has 0 atom stereocenters. The number of carbonyl (C=O) groups is 2. The highest BCUT2D eigenvalue weighted by Gasteiger charge is 2.40. The van der Waals surface area contributed by atoms with Crippen molar-refractivity contribution in [1.29, 1.82) is 0 Å². The zero-order valence-corrected chi connectivity index (χ0v) is 15.3. The zero-order chi connectivity index (χ0) is 20.5. The summed E-state index contributed by atoms with van der Waals surface area (Å²) in [4.78, 5) is 26.4. The molecule has 0 aliphatic carbocycles. The molecule has 3 rings (SSSR count). The number of alkyl halides is 3. The van der Waals surface area contributed by atoms with Crippen molar-refractivity contribution in [2.45, 2.75) is 32.0 Å². The number of para-hydroxylation sites is 2. The molecular weight excluding hydrogens is 373 g/mol. The van der Waals surface area contributed by atoms with E-state index in [1.165, 1.54) is 17.0 Å². The average molecular weight is 392 g/mol. The Balaban J connectivity index is 1.70. The quantitative estimate of drug-likeness (QED) is 0.847. The van der Waals surface area contributed by atoms with E-state index >= 15 is 0 Å². The molecule has 0 unspecified atom stereocenters. The molecule has 1 aliphatic rings. The molecule has 28 heavy (non-hydrogen) atoms. The van der Waals surface area contributed by atoms with Gasteiger partial charge in [0.05, 0.1) is 11.3 Å². The van der Waals surface area contributed by atoms with E-state index in [4.69, 9.17) is 4.74 Å². The van der Waals surface area contributed by atoms with Gasteiger partial charge in [0.25, 0.3) is 5.91 Å². The molecule has 0 radical (unpaired) electrons. The van der Waals surface area contributed by atoms with Gasteiger partial charge in [0.15, 0.2) is 5.60 Å². The molecule has 0 aromatic heterocycles. The highest BCUT2D eigenvalue weighted by Crippen LogP contribution is 2.37. The fourth-order valence-electron chi connectivity index (χ4n) is 2.95. The topological polar surface area (TPSA) is 58.6 Å². The van der Waals surface area contributed by atoms with Gasteiger partial charge in [0, 0.05) is 18.7 Å². The number of nitrogens with one attached hydrogen (secondary N) is 1. The second-order valence-electron chi connectivity index (χ2n) is 6.91. The van der Waals surface area contributed by atoms with Crippen molar-refractivity contribution in [3.05, 3.63) is 54.1 Å². The average Bonchev–Trinajstić information content (AvgIpc) is 2.61. The van der Waals surface area contributed by atoms with Crippen LogP contribution in [0.25, 0.3) is 0 Å². The molecule has 8 heteroatoms. The normalized spacial score (nSPS) is 15.6. The Labute approximate surface area is 160 Å². The molecule has 0 bridgehead atoms. The number of amides is 2. The summed E-state index contributed by atoms with van der Waals surface area (Å²) in [5.74, 6) is -0.252.